The number of aromatic nitrogens is 1. The highest BCUT2D eigenvalue weighted by Crippen LogP contribution is 2.33. The number of nitrogens with zero attached hydrogens (tertiary/aromatic N) is 2. The van der Waals surface area contributed by atoms with Crippen LogP contribution in [0.5, 0.6) is 11.5 Å². The zero-order chi connectivity index (χ0) is 21.6. The van der Waals surface area contributed by atoms with Gasteiger partial charge in [-0.05, 0) is 55.3 Å². The Hall–Kier alpha value is -3.47. The Morgan fingerprint density at radius 2 is 1.74 bits per heavy atom. The van der Waals surface area contributed by atoms with E-state index in [1.807, 2.05) is 67.3 Å². The van der Waals surface area contributed by atoms with Crippen LogP contribution < -0.4 is 9.47 Å². The van der Waals surface area contributed by atoms with Crippen molar-refractivity contribution in [1.29, 1.82) is 0 Å². The van der Waals surface area contributed by atoms with Gasteiger partial charge in [0.25, 0.3) is 0 Å². The lowest BCUT2D eigenvalue weighted by molar-refractivity contribution is -0.128. The highest BCUT2D eigenvalue weighted by molar-refractivity contribution is 5.92. The molecule has 5 nitrogen and oxygen atoms in total. The van der Waals surface area contributed by atoms with Crippen molar-refractivity contribution in [1.82, 2.24) is 9.47 Å². The Morgan fingerprint density at radius 3 is 2.52 bits per heavy atom. The van der Waals surface area contributed by atoms with Gasteiger partial charge in [-0.3, -0.25) is 4.79 Å². The average Bonchev–Trinajstić information content (AvgIpc) is 3.28. The van der Waals surface area contributed by atoms with E-state index >= 15 is 0 Å². The van der Waals surface area contributed by atoms with Gasteiger partial charge in [-0.2, -0.15) is 0 Å². The molecule has 1 aromatic heterocycles. The Labute approximate surface area is 183 Å². The fourth-order valence-electron chi connectivity index (χ4n) is 4.04. The molecule has 1 amide bonds. The standard InChI is InChI=1S/C26H28N2O3/c1-3-30-23-14-12-20(19-24(23)31-4-2)13-15-25(29)28-18-17-27-16-8-11-22(27)26(28)21-9-6-5-7-10-21/h5-16,19,26H,3-4,17-18H2,1-2H3/b15-13+. The molecule has 1 atom stereocenters. The van der Waals surface area contributed by atoms with Gasteiger partial charge in [-0.25, -0.2) is 0 Å². The van der Waals surface area contributed by atoms with Crippen molar-refractivity contribution in [2.75, 3.05) is 19.8 Å². The van der Waals surface area contributed by atoms with Crippen LogP contribution in [0, 0.1) is 0 Å². The molecule has 0 radical (unpaired) electrons. The van der Waals surface area contributed by atoms with Gasteiger partial charge in [0.2, 0.25) is 5.91 Å². The number of ether oxygens (including phenoxy) is 2. The molecule has 4 rings (SSSR count). The lowest BCUT2D eigenvalue weighted by atomic mass is 10.00. The van der Waals surface area contributed by atoms with E-state index in [1.165, 1.54) is 0 Å². The number of carbonyl (C=O) groups excluding carboxylic acids is 1. The maximum absolute atomic E-state index is 13.2. The van der Waals surface area contributed by atoms with Gasteiger partial charge in [0.1, 0.15) is 0 Å². The van der Waals surface area contributed by atoms with E-state index in [2.05, 4.69) is 29.0 Å². The van der Waals surface area contributed by atoms with Crippen LogP contribution >= 0.6 is 0 Å². The van der Waals surface area contributed by atoms with Gasteiger partial charge >= 0.3 is 0 Å². The zero-order valence-corrected chi connectivity index (χ0v) is 18.0. The first kappa shape index (κ1) is 20.8. The molecule has 5 heteroatoms. The SMILES string of the molecule is CCOc1ccc(/C=C/C(=O)N2CCn3cccc3C2c2ccccc2)cc1OCC. The predicted octanol–water partition coefficient (Wildman–Crippen LogP) is 4.93. The lowest BCUT2D eigenvalue weighted by Crippen LogP contribution is -2.41. The number of rotatable bonds is 7. The molecule has 0 aliphatic carbocycles. The second-order valence-corrected chi connectivity index (χ2v) is 7.38. The lowest BCUT2D eigenvalue weighted by Gasteiger charge is -2.36. The first-order chi connectivity index (χ1) is 15.2. The van der Waals surface area contributed by atoms with E-state index in [0.717, 1.165) is 23.4 Å². The molecule has 0 N–H and O–H groups in total. The second-order valence-electron chi connectivity index (χ2n) is 7.38. The molecule has 0 fully saturated rings. The summed E-state index contributed by atoms with van der Waals surface area (Å²) in [4.78, 5) is 15.2. The normalized spacial score (nSPS) is 15.7. The summed E-state index contributed by atoms with van der Waals surface area (Å²) >= 11 is 0. The molecular formula is C26H28N2O3. The maximum Gasteiger partial charge on any atom is 0.247 e. The molecule has 0 saturated carbocycles. The first-order valence-corrected chi connectivity index (χ1v) is 10.8. The molecule has 1 aliphatic rings. The number of fused-ring (bicyclic) bond motifs is 1. The van der Waals surface area contributed by atoms with Crippen molar-refractivity contribution in [2.24, 2.45) is 0 Å². The summed E-state index contributed by atoms with van der Waals surface area (Å²) in [6.45, 7) is 6.47. The third-order valence-corrected chi connectivity index (χ3v) is 5.42. The fourth-order valence-corrected chi connectivity index (χ4v) is 4.04. The molecule has 1 aliphatic heterocycles. The van der Waals surface area contributed by atoms with E-state index in [0.29, 0.717) is 31.3 Å². The average molecular weight is 417 g/mol. The van der Waals surface area contributed by atoms with Gasteiger partial charge in [0.15, 0.2) is 11.5 Å². The van der Waals surface area contributed by atoms with Crippen LogP contribution in [-0.2, 0) is 11.3 Å². The smallest absolute Gasteiger partial charge is 0.247 e. The van der Waals surface area contributed by atoms with Crippen molar-refractivity contribution >= 4 is 12.0 Å². The molecule has 0 bridgehead atoms. The summed E-state index contributed by atoms with van der Waals surface area (Å²) in [5.74, 6) is 1.40. The van der Waals surface area contributed by atoms with Gasteiger partial charge in [-0.15, -0.1) is 0 Å². The minimum absolute atomic E-state index is 0.00634. The maximum atomic E-state index is 13.2. The summed E-state index contributed by atoms with van der Waals surface area (Å²) < 4.78 is 13.6. The van der Waals surface area contributed by atoms with E-state index in [1.54, 1.807) is 6.08 Å². The number of hydrogen-bond donors (Lipinski definition) is 0. The second kappa shape index (κ2) is 9.56. The Bertz CT molecular complexity index is 1060. The summed E-state index contributed by atoms with van der Waals surface area (Å²) in [5.41, 5.74) is 3.15. The van der Waals surface area contributed by atoms with Crippen LogP contribution in [0.2, 0.25) is 0 Å². The molecule has 2 aromatic carbocycles. The number of amides is 1. The summed E-state index contributed by atoms with van der Waals surface area (Å²) in [6, 6.07) is 20.0. The van der Waals surface area contributed by atoms with Crippen LogP contribution in [0.25, 0.3) is 6.08 Å². The number of carbonyl (C=O) groups is 1. The van der Waals surface area contributed by atoms with Crippen LogP contribution in [-0.4, -0.2) is 35.1 Å². The molecule has 3 aromatic rings. The van der Waals surface area contributed by atoms with E-state index < -0.39 is 0 Å². The van der Waals surface area contributed by atoms with Crippen molar-refractivity contribution in [3.63, 3.8) is 0 Å². The summed E-state index contributed by atoms with van der Waals surface area (Å²) in [7, 11) is 0. The molecule has 0 saturated heterocycles. The third kappa shape index (κ3) is 4.50. The Balaban J connectivity index is 1.59. The van der Waals surface area contributed by atoms with Gasteiger partial charge < -0.3 is 18.9 Å². The summed E-state index contributed by atoms with van der Waals surface area (Å²) in [5, 5.41) is 0. The predicted molar refractivity (Wildman–Crippen MR) is 122 cm³/mol. The van der Waals surface area contributed by atoms with Crippen molar-refractivity contribution in [2.45, 2.75) is 26.4 Å². The van der Waals surface area contributed by atoms with Gasteiger partial charge in [-0.1, -0.05) is 36.4 Å². The molecule has 160 valence electrons. The summed E-state index contributed by atoms with van der Waals surface area (Å²) in [6.07, 6.45) is 5.58. The van der Waals surface area contributed by atoms with Crippen LogP contribution in [0.3, 0.4) is 0 Å². The van der Waals surface area contributed by atoms with Crippen molar-refractivity contribution < 1.29 is 14.3 Å². The minimum atomic E-state index is -0.0959. The van der Waals surface area contributed by atoms with Gasteiger partial charge in [0, 0.05) is 31.1 Å². The third-order valence-electron chi connectivity index (χ3n) is 5.42. The largest absolute Gasteiger partial charge is 0.490 e. The van der Waals surface area contributed by atoms with Crippen molar-refractivity contribution in [3.05, 3.63) is 89.8 Å². The van der Waals surface area contributed by atoms with E-state index in [-0.39, 0.29) is 11.9 Å². The zero-order valence-electron chi connectivity index (χ0n) is 18.0. The van der Waals surface area contributed by atoms with E-state index in [4.69, 9.17) is 9.47 Å². The highest BCUT2D eigenvalue weighted by atomic mass is 16.5. The molecule has 1 unspecified atom stereocenters. The quantitative estimate of drug-likeness (QED) is 0.513. The minimum Gasteiger partial charge on any atom is -0.490 e. The van der Waals surface area contributed by atoms with Crippen LogP contribution in [0.4, 0.5) is 0 Å². The molecule has 31 heavy (non-hydrogen) atoms. The van der Waals surface area contributed by atoms with E-state index in [9.17, 15) is 4.79 Å². The van der Waals surface area contributed by atoms with Crippen LogP contribution in [0.15, 0.2) is 72.9 Å². The fraction of sp³-hybridized carbons (Fsp3) is 0.269. The number of hydrogen-bond acceptors (Lipinski definition) is 3. The molecule has 0 spiro atoms. The Morgan fingerprint density at radius 1 is 0.968 bits per heavy atom. The first-order valence-electron chi connectivity index (χ1n) is 10.8. The van der Waals surface area contributed by atoms with Crippen LogP contribution in [0.1, 0.15) is 36.7 Å². The highest BCUT2D eigenvalue weighted by Gasteiger charge is 2.30. The number of benzene rings is 2. The monoisotopic (exact) mass is 416 g/mol. The molecular weight excluding hydrogens is 388 g/mol. The van der Waals surface area contributed by atoms with Crippen molar-refractivity contribution in [3.8, 4) is 11.5 Å². The van der Waals surface area contributed by atoms with Gasteiger partial charge in [0.05, 0.1) is 19.3 Å². The topological polar surface area (TPSA) is 43.7 Å². The molecule has 2 heterocycles. The Kier molecular flexibility index (Phi) is 6.41.